The third kappa shape index (κ3) is 5.87. The van der Waals surface area contributed by atoms with Gasteiger partial charge in [0.1, 0.15) is 0 Å². The van der Waals surface area contributed by atoms with E-state index in [9.17, 15) is 13.2 Å². The van der Waals surface area contributed by atoms with Gasteiger partial charge in [-0.25, -0.2) is 13.2 Å². The van der Waals surface area contributed by atoms with Crippen molar-refractivity contribution in [1.82, 2.24) is 0 Å². The largest absolute Gasteiger partial charge is 0.204 e. The van der Waals surface area contributed by atoms with Gasteiger partial charge in [0.2, 0.25) is 0 Å². The van der Waals surface area contributed by atoms with Gasteiger partial charge in [0.15, 0.2) is 17.5 Å². The maximum absolute atomic E-state index is 13.5. The van der Waals surface area contributed by atoms with Gasteiger partial charge in [-0.05, 0) is 92.7 Å². The van der Waals surface area contributed by atoms with Crippen LogP contribution in [-0.4, -0.2) is 0 Å². The van der Waals surface area contributed by atoms with Crippen LogP contribution in [0.5, 0.6) is 0 Å². The molecule has 0 aliphatic heterocycles. The fourth-order valence-corrected chi connectivity index (χ4v) is 5.28. The van der Waals surface area contributed by atoms with E-state index in [1.54, 1.807) is 0 Å². The molecule has 0 amide bonds. The highest BCUT2D eigenvalue weighted by molar-refractivity contribution is 5.23. The summed E-state index contributed by atoms with van der Waals surface area (Å²) in [7, 11) is 0. The average Bonchev–Trinajstić information content (AvgIpc) is 2.71. The Balaban J connectivity index is 1.37. The molecule has 2 aliphatic carbocycles. The molecule has 1 aromatic carbocycles. The molecule has 2 aliphatic rings. The normalized spacial score (nSPS) is 28.7. The van der Waals surface area contributed by atoms with Crippen LogP contribution in [0.15, 0.2) is 24.3 Å². The maximum atomic E-state index is 13.5. The Kier molecular flexibility index (Phi) is 8.05. The standard InChI is InChI=1S/C25H35F3/c1-2-3-4-5-18-6-8-19(9-7-18)10-11-20-12-14-21(15-13-20)22-16-23(26)25(28)24(27)17-22/h3-4,16-21H,2,5-15H2,1H3/b4-3+/t18-,19-,20-,21-. The summed E-state index contributed by atoms with van der Waals surface area (Å²) in [4.78, 5) is 0. The molecule has 0 bridgehead atoms. The van der Waals surface area contributed by atoms with Crippen LogP contribution in [0.3, 0.4) is 0 Å². The lowest BCUT2D eigenvalue weighted by atomic mass is 9.74. The lowest BCUT2D eigenvalue weighted by Gasteiger charge is -2.32. The van der Waals surface area contributed by atoms with Crippen LogP contribution in [-0.2, 0) is 0 Å². The minimum absolute atomic E-state index is 0.174. The lowest BCUT2D eigenvalue weighted by Crippen LogP contribution is -2.18. The molecular weight excluding hydrogens is 357 g/mol. The fraction of sp³-hybridized carbons (Fsp3) is 0.680. The SMILES string of the molecule is CC/C=C/C[C@H]1CC[C@H](CC[C@H]2CC[C@H](c3cc(F)c(F)c(F)c3)CC2)CC1. The van der Waals surface area contributed by atoms with Crippen molar-refractivity contribution in [1.29, 1.82) is 0 Å². The van der Waals surface area contributed by atoms with E-state index in [0.29, 0.717) is 5.56 Å². The average molecular weight is 393 g/mol. The molecule has 0 saturated heterocycles. The minimum Gasteiger partial charge on any atom is -0.204 e. The second-order valence-corrected chi connectivity index (χ2v) is 9.10. The second-order valence-electron chi connectivity index (χ2n) is 9.10. The first kappa shape index (κ1) is 21.5. The van der Waals surface area contributed by atoms with Crippen molar-refractivity contribution in [2.75, 3.05) is 0 Å². The zero-order valence-corrected chi connectivity index (χ0v) is 17.2. The summed E-state index contributed by atoms with van der Waals surface area (Å²) in [6.07, 6.45) is 19.4. The van der Waals surface area contributed by atoms with Gasteiger partial charge < -0.3 is 0 Å². The number of hydrogen-bond acceptors (Lipinski definition) is 0. The first-order valence-corrected chi connectivity index (χ1v) is 11.4. The quantitative estimate of drug-likeness (QED) is 0.323. The summed E-state index contributed by atoms with van der Waals surface area (Å²) in [5, 5.41) is 0. The molecule has 0 heterocycles. The smallest absolute Gasteiger partial charge is 0.194 e. The third-order valence-electron chi connectivity index (χ3n) is 7.15. The Morgan fingerprint density at radius 2 is 1.25 bits per heavy atom. The van der Waals surface area contributed by atoms with Gasteiger partial charge in [-0.3, -0.25) is 0 Å². The summed E-state index contributed by atoms with van der Waals surface area (Å²) >= 11 is 0. The molecule has 0 unspecified atom stereocenters. The maximum Gasteiger partial charge on any atom is 0.194 e. The second kappa shape index (κ2) is 10.5. The molecule has 0 spiro atoms. The first-order chi connectivity index (χ1) is 13.6. The van der Waals surface area contributed by atoms with Crippen LogP contribution in [0.2, 0.25) is 0 Å². The van der Waals surface area contributed by atoms with Crippen molar-refractivity contribution in [3.63, 3.8) is 0 Å². The zero-order valence-electron chi connectivity index (χ0n) is 17.2. The molecule has 1 aromatic rings. The summed E-state index contributed by atoms with van der Waals surface area (Å²) < 4.78 is 40.2. The first-order valence-electron chi connectivity index (χ1n) is 11.4. The van der Waals surface area contributed by atoms with E-state index >= 15 is 0 Å². The number of rotatable bonds is 7. The minimum atomic E-state index is -1.35. The molecule has 3 rings (SSSR count). The molecule has 28 heavy (non-hydrogen) atoms. The van der Waals surface area contributed by atoms with Crippen molar-refractivity contribution in [2.45, 2.75) is 89.9 Å². The van der Waals surface area contributed by atoms with Gasteiger partial charge in [0.05, 0.1) is 0 Å². The van der Waals surface area contributed by atoms with Crippen molar-refractivity contribution in [3.05, 3.63) is 47.3 Å². The van der Waals surface area contributed by atoms with Crippen molar-refractivity contribution in [3.8, 4) is 0 Å². The molecule has 0 nitrogen and oxygen atoms in total. The highest BCUT2D eigenvalue weighted by Gasteiger charge is 2.26. The van der Waals surface area contributed by atoms with Crippen LogP contribution in [0.25, 0.3) is 0 Å². The van der Waals surface area contributed by atoms with E-state index in [2.05, 4.69) is 19.1 Å². The topological polar surface area (TPSA) is 0 Å². The Morgan fingerprint density at radius 3 is 1.79 bits per heavy atom. The van der Waals surface area contributed by atoms with Gasteiger partial charge in [0, 0.05) is 0 Å². The van der Waals surface area contributed by atoms with E-state index in [4.69, 9.17) is 0 Å². The van der Waals surface area contributed by atoms with Gasteiger partial charge >= 0.3 is 0 Å². The van der Waals surface area contributed by atoms with Gasteiger partial charge in [-0.2, -0.15) is 0 Å². The van der Waals surface area contributed by atoms with Crippen LogP contribution in [0.4, 0.5) is 13.2 Å². The molecule has 0 N–H and O–H groups in total. The Hall–Kier alpha value is -1.25. The Morgan fingerprint density at radius 1 is 0.750 bits per heavy atom. The lowest BCUT2D eigenvalue weighted by molar-refractivity contribution is 0.231. The summed E-state index contributed by atoms with van der Waals surface area (Å²) in [5.74, 6) is -0.760. The van der Waals surface area contributed by atoms with Crippen molar-refractivity contribution < 1.29 is 13.2 Å². The van der Waals surface area contributed by atoms with E-state index in [1.807, 2.05) is 0 Å². The summed E-state index contributed by atoms with van der Waals surface area (Å²) in [6.45, 7) is 2.19. The molecular formula is C25H35F3. The predicted octanol–water partition coefficient (Wildman–Crippen LogP) is 8.32. The number of halogens is 3. The summed E-state index contributed by atoms with van der Waals surface area (Å²) in [5.41, 5.74) is 0.630. The van der Waals surface area contributed by atoms with Gasteiger partial charge in [-0.1, -0.05) is 44.8 Å². The van der Waals surface area contributed by atoms with Crippen LogP contribution in [0.1, 0.15) is 95.5 Å². The van der Waals surface area contributed by atoms with E-state index in [0.717, 1.165) is 49.9 Å². The van der Waals surface area contributed by atoms with Crippen LogP contribution < -0.4 is 0 Å². The van der Waals surface area contributed by atoms with E-state index in [1.165, 1.54) is 57.1 Å². The van der Waals surface area contributed by atoms with Crippen LogP contribution in [0, 0.1) is 35.2 Å². The van der Waals surface area contributed by atoms with Gasteiger partial charge in [0.25, 0.3) is 0 Å². The molecule has 2 saturated carbocycles. The fourth-order valence-electron chi connectivity index (χ4n) is 5.28. The molecule has 0 radical (unpaired) electrons. The van der Waals surface area contributed by atoms with E-state index in [-0.39, 0.29) is 5.92 Å². The molecule has 0 aromatic heterocycles. The summed E-state index contributed by atoms with van der Waals surface area (Å²) in [6, 6.07) is 2.38. The zero-order chi connectivity index (χ0) is 19.9. The Bertz CT molecular complexity index is 612. The molecule has 0 atom stereocenters. The van der Waals surface area contributed by atoms with Gasteiger partial charge in [-0.15, -0.1) is 0 Å². The predicted molar refractivity (Wildman–Crippen MR) is 110 cm³/mol. The number of allylic oxidation sites excluding steroid dienone is 2. The highest BCUT2D eigenvalue weighted by Crippen LogP contribution is 2.40. The molecule has 3 heteroatoms. The number of benzene rings is 1. The molecule has 156 valence electrons. The third-order valence-corrected chi connectivity index (χ3v) is 7.15. The highest BCUT2D eigenvalue weighted by atomic mass is 19.2. The van der Waals surface area contributed by atoms with Crippen LogP contribution >= 0.6 is 0 Å². The monoisotopic (exact) mass is 392 g/mol. The van der Waals surface area contributed by atoms with Crippen molar-refractivity contribution >= 4 is 0 Å². The number of hydrogen-bond donors (Lipinski definition) is 0. The van der Waals surface area contributed by atoms with E-state index < -0.39 is 17.5 Å². The van der Waals surface area contributed by atoms with Crippen molar-refractivity contribution in [2.24, 2.45) is 17.8 Å². The molecule has 2 fully saturated rings. The Labute approximate surface area is 168 Å².